The predicted octanol–water partition coefficient (Wildman–Crippen LogP) is 6.24. The number of nitrogens with zero attached hydrogens (tertiary/aromatic N) is 2. The molecule has 4 aromatic rings. The van der Waals surface area contributed by atoms with Gasteiger partial charge in [-0.25, -0.2) is 0 Å². The summed E-state index contributed by atoms with van der Waals surface area (Å²) in [5.41, 5.74) is 4.08. The van der Waals surface area contributed by atoms with Gasteiger partial charge in [0, 0.05) is 32.1 Å². The van der Waals surface area contributed by atoms with Crippen molar-refractivity contribution in [1.82, 2.24) is 9.55 Å². The van der Waals surface area contributed by atoms with Gasteiger partial charge in [0.1, 0.15) is 0 Å². The SMILES string of the molecule is CCOC(=O)Cc1cccc(Sc2c(C)n(-c3cccnc3)c3cc(Cl)ccc23)c1. The van der Waals surface area contributed by atoms with Gasteiger partial charge in [0.15, 0.2) is 0 Å². The Balaban J connectivity index is 1.76. The predicted molar refractivity (Wildman–Crippen MR) is 122 cm³/mol. The van der Waals surface area contributed by atoms with E-state index in [0.717, 1.165) is 37.6 Å². The molecule has 0 spiro atoms. The molecule has 2 heterocycles. The Labute approximate surface area is 184 Å². The Morgan fingerprint density at radius 1 is 1.17 bits per heavy atom. The van der Waals surface area contributed by atoms with Crippen LogP contribution in [0.5, 0.6) is 0 Å². The number of aromatic nitrogens is 2. The lowest BCUT2D eigenvalue weighted by molar-refractivity contribution is -0.142. The molecule has 0 saturated heterocycles. The number of hydrogen-bond acceptors (Lipinski definition) is 4. The molecule has 30 heavy (non-hydrogen) atoms. The number of rotatable bonds is 6. The van der Waals surface area contributed by atoms with Crippen molar-refractivity contribution < 1.29 is 9.53 Å². The molecule has 0 N–H and O–H groups in total. The third-order valence-electron chi connectivity index (χ3n) is 4.79. The second-order valence-corrected chi connectivity index (χ2v) is 8.37. The fraction of sp³-hybridized carbons (Fsp3) is 0.167. The van der Waals surface area contributed by atoms with Crippen LogP contribution in [0.4, 0.5) is 0 Å². The number of carbonyl (C=O) groups is 1. The van der Waals surface area contributed by atoms with Gasteiger partial charge in [-0.15, -0.1) is 0 Å². The molecule has 0 atom stereocenters. The molecule has 6 heteroatoms. The molecule has 0 saturated carbocycles. The number of benzene rings is 2. The fourth-order valence-corrected chi connectivity index (χ4v) is 4.80. The number of carbonyl (C=O) groups excluding carboxylic acids is 1. The van der Waals surface area contributed by atoms with Crippen molar-refractivity contribution in [3.8, 4) is 5.69 Å². The van der Waals surface area contributed by atoms with Crippen molar-refractivity contribution in [2.75, 3.05) is 6.61 Å². The monoisotopic (exact) mass is 436 g/mol. The maximum absolute atomic E-state index is 11.9. The van der Waals surface area contributed by atoms with Gasteiger partial charge in [0.25, 0.3) is 0 Å². The van der Waals surface area contributed by atoms with Crippen molar-refractivity contribution in [3.05, 3.63) is 83.3 Å². The molecule has 2 aromatic heterocycles. The van der Waals surface area contributed by atoms with E-state index >= 15 is 0 Å². The van der Waals surface area contributed by atoms with E-state index in [9.17, 15) is 4.79 Å². The van der Waals surface area contributed by atoms with Gasteiger partial charge >= 0.3 is 5.97 Å². The van der Waals surface area contributed by atoms with Gasteiger partial charge in [0.2, 0.25) is 0 Å². The summed E-state index contributed by atoms with van der Waals surface area (Å²) >= 11 is 8.00. The average molecular weight is 437 g/mol. The number of halogens is 1. The molecular weight excluding hydrogens is 416 g/mol. The third kappa shape index (κ3) is 4.23. The fourth-order valence-electron chi connectivity index (χ4n) is 3.52. The number of ether oxygens (including phenoxy) is 1. The first-order chi connectivity index (χ1) is 14.6. The first-order valence-electron chi connectivity index (χ1n) is 9.70. The Bertz CT molecular complexity index is 1200. The maximum atomic E-state index is 11.9. The zero-order valence-corrected chi connectivity index (χ0v) is 18.3. The van der Waals surface area contributed by atoms with E-state index in [-0.39, 0.29) is 12.4 Å². The molecule has 152 valence electrons. The van der Waals surface area contributed by atoms with Crippen LogP contribution in [0.25, 0.3) is 16.6 Å². The summed E-state index contributed by atoms with van der Waals surface area (Å²) in [7, 11) is 0. The van der Waals surface area contributed by atoms with E-state index < -0.39 is 0 Å². The summed E-state index contributed by atoms with van der Waals surface area (Å²) < 4.78 is 7.26. The lowest BCUT2D eigenvalue weighted by Crippen LogP contribution is -2.07. The first kappa shape index (κ1) is 20.5. The molecule has 0 unspecified atom stereocenters. The summed E-state index contributed by atoms with van der Waals surface area (Å²) in [6, 6.07) is 18.0. The quantitative estimate of drug-likeness (QED) is 0.335. The highest BCUT2D eigenvalue weighted by Crippen LogP contribution is 2.40. The van der Waals surface area contributed by atoms with E-state index in [4.69, 9.17) is 16.3 Å². The van der Waals surface area contributed by atoms with Gasteiger partial charge in [-0.05, 0) is 55.8 Å². The molecule has 0 radical (unpaired) electrons. The van der Waals surface area contributed by atoms with Crippen LogP contribution in [0.2, 0.25) is 5.02 Å². The van der Waals surface area contributed by atoms with E-state index in [1.165, 1.54) is 0 Å². The highest BCUT2D eigenvalue weighted by Gasteiger charge is 2.17. The lowest BCUT2D eigenvalue weighted by Gasteiger charge is -2.09. The van der Waals surface area contributed by atoms with Crippen LogP contribution < -0.4 is 0 Å². The topological polar surface area (TPSA) is 44.1 Å². The number of fused-ring (bicyclic) bond motifs is 1. The second kappa shape index (κ2) is 8.94. The van der Waals surface area contributed by atoms with E-state index in [1.54, 1.807) is 18.0 Å². The minimum Gasteiger partial charge on any atom is -0.466 e. The summed E-state index contributed by atoms with van der Waals surface area (Å²) in [6.45, 7) is 4.31. The molecule has 0 aliphatic rings. The van der Waals surface area contributed by atoms with Gasteiger partial charge in [-0.1, -0.05) is 41.6 Å². The largest absolute Gasteiger partial charge is 0.466 e. The Hall–Kier alpha value is -2.76. The van der Waals surface area contributed by atoms with Crippen LogP contribution in [0.1, 0.15) is 18.2 Å². The standard InChI is InChI=1S/C24H21ClN2O2S/c1-3-29-23(28)13-17-6-4-8-20(12-17)30-24-16(2)27(19-7-5-11-26-15-19)22-14-18(25)9-10-21(22)24/h4-12,14-15H,3,13H2,1-2H3. The number of esters is 1. The molecular formula is C24H21ClN2O2S. The number of pyridine rings is 1. The Kier molecular flexibility index (Phi) is 6.11. The lowest BCUT2D eigenvalue weighted by atomic mass is 10.1. The molecule has 0 amide bonds. The minimum absolute atomic E-state index is 0.210. The molecule has 4 nitrogen and oxygen atoms in total. The smallest absolute Gasteiger partial charge is 0.310 e. The Morgan fingerprint density at radius 3 is 2.80 bits per heavy atom. The highest BCUT2D eigenvalue weighted by molar-refractivity contribution is 7.99. The van der Waals surface area contributed by atoms with E-state index in [0.29, 0.717) is 11.6 Å². The first-order valence-corrected chi connectivity index (χ1v) is 10.9. The number of hydrogen-bond donors (Lipinski definition) is 0. The average Bonchev–Trinajstić information content (AvgIpc) is 3.00. The zero-order valence-electron chi connectivity index (χ0n) is 16.8. The van der Waals surface area contributed by atoms with E-state index in [2.05, 4.69) is 28.6 Å². The summed E-state index contributed by atoms with van der Waals surface area (Å²) in [4.78, 5) is 18.3. The highest BCUT2D eigenvalue weighted by atomic mass is 35.5. The van der Waals surface area contributed by atoms with Crippen molar-refractivity contribution in [2.24, 2.45) is 0 Å². The van der Waals surface area contributed by atoms with Gasteiger partial charge < -0.3 is 9.30 Å². The van der Waals surface area contributed by atoms with Crippen LogP contribution in [0.3, 0.4) is 0 Å². The second-order valence-electron chi connectivity index (χ2n) is 6.85. The van der Waals surface area contributed by atoms with Crippen molar-refractivity contribution in [2.45, 2.75) is 30.1 Å². The molecule has 4 rings (SSSR count). The molecule has 0 fully saturated rings. The van der Waals surface area contributed by atoms with Crippen LogP contribution in [0, 0.1) is 6.92 Å². The summed E-state index contributed by atoms with van der Waals surface area (Å²) in [5, 5.41) is 1.82. The van der Waals surface area contributed by atoms with Crippen molar-refractivity contribution >= 4 is 40.2 Å². The van der Waals surface area contributed by atoms with Crippen LogP contribution in [-0.4, -0.2) is 22.1 Å². The Morgan fingerprint density at radius 2 is 2.03 bits per heavy atom. The zero-order chi connectivity index (χ0) is 21.1. The van der Waals surface area contributed by atoms with Gasteiger partial charge in [0.05, 0.1) is 30.4 Å². The van der Waals surface area contributed by atoms with Crippen molar-refractivity contribution in [1.29, 1.82) is 0 Å². The molecule has 0 bridgehead atoms. The minimum atomic E-state index is -0.210. The normalized spacial score (nSPS) is 11.0. The molecule has 2 aromatic carbocycles. The van der Waals surface area contributed by atoms with E-state index in [1.807, 2.05) is 55.6 Å². The summed E-state index contributed by atoms with van der Waals surface area (Å²) in [6.07, 6.45) is 3.89. The van der Waals surface area contributed by atoms with Gasteiger partial charge in [-0.3, -0.25) is 9.78 Å². The third-order valence-corrected chi connectivity index (χ3v) is 6.23. The molecule has 0 aliphatic carbocycles. The molecule has 0 aliphatic heterocycles. The van der Waals surface area contributed by atoms with Crippen LogP contribution in [-0.2, 0) is 16.0 Å². The maximum Gasteiger partial charge on any atom is 0.310 e. The van der Waals surface area contributed by atoms with Crippen LogP contribution >= 0.6 is 23.4 Å². The summed E-state index contributed by atoms with van der Waals surface area (Å²) in [5.74, 6) is -0.210. The van der Waals surface area contributed by atoms with Gasteiger partial charge in [-0.2, -0.15) is 0 Å². The van der Waals surface area contributed by atoms with Crippen molar-refractivity contribution in [3.63, 3.8) is 0 Å². The van der Waals surface area contributed by atoms with Crippen LogP contribution in [0.15, 0.2) is 76.8 Å².